The number of anilines is 1. The number of para-hydroxylation sites is 1. The number of benzene rings is 1. The molecule has 1 spiro atoms. The molecule has 2 bridgehead atoms. The second kappa shape index (κ2) is 5.99. The topological polar surface area (TPSA) is 55.8 Å². The van der Waals surface area contributed by atoms with Crippen molar-refractivity contribution in [1.29, 1.82) is 0 Å². The third-order valence-electron chi connectivity index (χ3n) is 9.46. The molecule has 0 radical (unpaired) electrons. The fourth-order valence-electron chi connectivity index (χ4n) is 8.66. The average Bonchev–Trinajstić information content (AvgIpc) is 3.18. The Morgan fingerprint density at radius 2 is 2.23 bits per heavy atom. The van der Waals surface area contributed by atoms with Crippen molar-refractivity contribution >= 4 is 17.6 Å². The van der Waals surface area contributed by atoms with Crippen molar-refractivity contribution in [3.8, 4) is 0 Å². The van der Waals surface area contributed by atoms with Gasteiger partial charge in [0.25, 0.3) is 0 Å². The maximum absolute atomic E-state index is 13.5. The SMILES string of the molecule is CCOC(=O)C[N+]12CCC34c5ccccc5N5C(=O)CC6OCC=C(C1)C(CC32)C6C54. The first-order valence-electron chi connectivity index (χ1n) is 11.8. The maximum atomic E-state index is 13.5. The Balaban J connectivity index is 1.46. The van der Waals surface area contributed by atoms with Gasteiger partial charge in [-0.1, -0.05) is 24.3 Å². The lowest BCUT2D eigenvalue weighted by Gasteiger charge is -2.60. The summed E-state index contributed by atoms with van der Waals surface area (Å²) in [6.07, 6.45) is 4.86. The molecule has 5 heterocycles. The van der Waals surface area contributed by atoms with Crippen LogP contribution in [-0.4, -0.2) is 67.4 Å². The molecule has 0 aromatic heterocycles. The number of esters is 1. The van der Waals surface area contributed by atoms with Crippen LogP contribution in [0, 0.1) is 11.8 Å². The van der Waals surface area contributed by atoms with Crippen LogP contribution >= 0.6 is 0 Å². The van der Waals surface area contributed by atoms with Crippen LogP contribution < -0.4 is 4.90 Å². The number of ether oxygens (including phenoxy) is 2. The molecule has 5 aliphatic heterocycles. The number of hydrogen-bond donors (Lipinski definition) is 0. The summed E-state index contributed by atoms with van der Waals surface area (Å²) in [5.41, 5.74) is 3.80. The van der Waals surface area contributed by atoms with Crippen LogP contribution in [0.5, 0.6) is 0 Å². The maximum Gasteiger partial charge on any atom is 0.361 e. The quantitative estimate of drug-likeness (QED) is 0.427. The highest BCUT2D eigenvalue weighted by Gasteiger charge is 2.76. The first kappa shape index (κ1) is 18.4. The van der Waals surface area contributed by atoms with E-state index in [2.05, 4.69) is 35.2 Å². The molecule has 6 nitrogen and oxygen atoms in total. The molecule has 1 aromatic carbocycles. The van der Waals surface area contributed by atoms with E-state index in [0.29, 0.717) is 44.1 Å². The lowest BCUT2D eigenvalue weighted by Crippen LogP contribution is -2.73. The Morgan fingerprint density at radius 1 is 1.35 bits per heavy atom. The Hall–Kier alpha value is -2.18. The zero-order valence-electron chi connectivity index (χ0n) is 18.0. The summed E-state index contributed by atoms with van der Waals surface area (Å²) in [4.78, 5) is 28.4. The van der Waals surface area contributed by atoms with Gasteiger partial charge in [0.1, 0.15) is 12.6 Å². The van der Waals surface area contributed by atoms with E-state index < -0.39 is 0 Å². The van der Waals surface area contributed by atoms with Crippen molar-refractivity contribution < 1.29 is 23.5 Å². The molecule has 1 saturated carbocycles. The molecule has 7 atom stereocenters. The summed E-state index contributed by atoms with van der Waals surface area (Å²) in [5.74, 6) is 0.908. The number of hydrogen-bond acceptors (Lipinski definition) is 4. The van der Waals surface area contributed by atoms with E-state index in [-0.39, 0.29) is 29.4 Å². The predicted octanol–water partition coefficient (Wildman–Crippen LogP) is 2.17. The number of rotatable bonds is 3. The van der Waals surface area contributed by atoms with Gasteiger partial charge in [0.2, 0.25) is 5.91 Å². The normalized spacial score (nSPS) is 43.3. The second-order valence-corrected chi connectivity index (χ2v) is 10.4. The van der Waals surface area contributed by atoms with Crippen LogP contribution in [0.15, 0.2) is 35.9 Å². The van der Waals surface area contributed by atoms with Crippen LogP contribution in [0.4, 0.5) is 5.69 Å². The van der Waals surface area contributed by atoms with Crippen molar-refractivity contribution in [3.05, 3.63) is 41.5 Å². The van der Waals surface area contributed by atoms with Gasteiger partial charge in [-0.25, -0.2) is 4.79 Å². The van der Waals surface area contributed by atoms with Gasteiger partial charge in [0.05, 0.1) is 43.7 Å². The molecular formula is C25H29N2O4+. The molecule has 4 fully saturated rings. The van der Waals surface area contributed by atoms with Crippen molar-refractivity contribution in [1.82, 2.24) is 0 Å². The van der Waals surface area contributed by atoms with Gasteiger partial charge in [-0.2, -0.15) is 0 Å². The fraction of sp³-hybridized carbons (Fsp3) is 0.600. The van der Waals surface area contributed by atoms with Crippen LogP contribution in [-0.2, 0) is 24.5 Å². The number of piperidine rings is 2. The minimum absolute atomic E-state index is 0.00490. The van der Waals surface area contributed by atoms with Crippen LogP contribution in [0.1, 0.15) is 31.7 Å². The van der Waals surface area contributed by atoms with Gasteiger partial charge in [0.15, 0.2) is 6.54 Å². The van der Waals surface area contributed by atoms with Gasteiger partial charge in [-0.05, 0) is 30.0 Å². The Labute approximate surface area is 182 Å². The van der Waals surface area contributed by atoms with E-state index in [1.807, 2.05) is 6.92 Å². The first-order chi connectivity index (χ1) is 15.1. The van der Waals surface area contributed by atoms with E-state index in [9.17, 15) is 9.59 Å². The largest absolute Gasteiger partial charge is 0.462 e. The van der Waals surface area contributed by atoms with Crippen LogP contribution in [0.3, 0.4) is 0 Å². The third-order valence-corrected chi connectivity index (χ3v) is 9.46. The van der Waals surface area contributed by atoms with E-state index in [0.717, 1.165) is 36.1 Å². The van der Waals surface area contributed by atoms with Gasteiger partial charge in [-0.15, -0.1) is 0 Å². The summed E-state index contributed by atoms with van der Waals surface area (Å²) < 4.78 is 12.5. The standard InChI is InChI=1S/C25H29N2O4/c1-2-30-22(29)14-27-9-8-25-17-5-3-4-6-18(17)26-21(28)12-19-23(24(25)26)16(11-20(25)27)15(13-27)7-10-31-19/h3-7,16,19-20,23-24H,2,8-14H2,1H3/q+1. The Bertz CT molecular complexity index is 1040. The molecule has 6 aliphatic rings. The zero-order chi connectivity index (χ0) is 21.0. The zero-order valence-corrected chi connectivity index (χ0v) is 18.0. The fourth-order valence-corrected chi connectivity index (χ4v) is 8.66. The van der Waals surface area contributed by atoms with Gasteiger partial charge < -0.3 is 18.9 Å². The number of fused-ring (bicyclic) bond motifs is 2. The van der Waals surface area contributed by atoms with Gasteiger partial charge in [-0.3, -0.25) is 4.79 Å². The molecular weight excluding hydrogens is 392 g/mol. The second-order valence-electron chi connectivity index (χ2n) is 10.4. The van der Waals surface area contributed by atoms with E-state index >= 15 is 0 Å². The monoisotopic (exact) mass is 421 g/mol. The summed E-state index contributed by atoms with van der Waals surface area (Å²) in [7, 11) is 0. The lowest BCUT2D eigenvalue weighted by molar-refractivity contribution is -0.936. The number of nitrogens with zero attached hydrogens (tertiary/aromatic N) is 2. The molecule has 6 heteroatoms. The highest BCUT2D eigenvalue weighted by Crippen LogP contribution is 2.67. The van der Waals surface area contributed by atoms with Crippen LogP contribution in [0.2, 0.25) is 0 Å². The Kier molecular flexibility index (Phi) is 3.55. The average molecular weight is 422 g/mol. The molecule has 1 aliphatic carbocycles. The van der Waals surface area contributed by atoms with Gasteiger partial charge in [0, 0.05) is 24.4 Å². The molecule has 162 valence electrons. The van der Waals surface area contributed by atoms with Crippen molar-refractivity contribution in [2.75, 3.05) is 37.7 Å². The molecule has 3 saturated heterocycles. The number of carbonyl (C=O) groups is 2. The van der Waals surface area contributed by atoms with E-state index in [1.54, 1.807) is 0 Å². The molecule has 7 rings (SSSR count). The van der Waals surface area contributed by atoms with Crippen molar-refractivity contribution in [2.24, 2.45) is 11.8 Å². The summed E-state index contributed by atoms with van der Waals surface area (Å²) in [6.45, 7) is 5.21. The molecule has 0 N–H and O–H groups in total. The summed E-state index contributed by atoms with van der Waals surface area (Å²) in [5, 5.41) is 0. The molecule has 1 amide bonds. The predicted molar refractivity (Wildman–Crippen MR) is 113 cm³/mol. The first-order valence-corrected chi connectivity index (χ1v) is 11.8. The van der Waals surface area contributed by atoms with Crippen LogP contribution in [0.25, 0.3) is 0 Å². The highest BCUT2D eigenvalue weighted by molar-refractivity contribution is 5.99. The summed E-state index contributed by atoms with van der Waals surface area (Å²) >= 11 is 0. The number of amides is 1. The third kappa shape index (κ3) is 2.06. The van der Waals surface area contributed by atoms with E-state index in [1.165, 1.54) is 11.1 Å². The molecule has 31 heavy (non-hydrogen) atoms. The number of quaternary nitrogens is 1. The lowest BCUT2D eigenvalue weighted by atomic mass is 9.53. The minimum atomic E-state index is -0.0914. The molecule has 7 unspecified atom stereocenters. The van der Waals surface area contributed by atoms with Crippen molar-refractivity contribution in [2.45, 2.75) is 49.8 Å². The van der Waals surface area contributed by atoms with Crippen molar-refractivity contribution in [3.63, 3.8) is 0 Å². The summed E-state index contributed by atoms with van der Waals surface area (Å²) in [6, 6.07) is 9.06. The van der Waals surface area contributed by atoms with Gasteiger partial charge >= 0.3 is 5.97 Å². The smallest absolute Gasteiger partial charge is 0.361 e. The van der Waals surface area contributed by atoms with E-state index in [4.69, 9.17) is 9.47 Å². The molecule has 1 aromatic rings. The Morgan fingerprint density at radius 3 is 3.10 bits per heavy atom. The number of carbonyl (C=O) groups excluding carboxylic acids is 2. The minimum Gasteiger partial charge on any atom is -0.462 e. The highest BCUT2D eigenvalue weighted by atomic mass is 16.5.